The average Bonchev–Trinajstić information content (AvgIpc) is 2.61. The minimum absolute atomic E-state index is 0.0676. The summed E-state index contributed by atoms with van der Waals surface area (Å²) in [6, 6.07) is 2.23. The van der Waals surface area contributed by atoms with E-state index in [0.29, 0.717) is 11.8 Å². The molecule has 2 aliphatic carbocycles. The van der Waals surface area contributed by atoms with E-state index in [1.165, 1.54) is 28.0 Å². The summed E-state index contributed by atoms with van der Waals surface area (Å²) in [4.78, 5) is 0. The van der Waals surface area contributed by atoms with Gasteiger partial charge in [-0.2, -0.15) is 0 Å². The summed E-state index contributed by atoms with van der Waals surface area (Å²) < 4.78 is 18.4. The number of allylic oxidation sites excluding steroid dienone is 2. The van der Waals surface area contributed by atoms with Crippen LogP contribution in [0.2, 0.25) is 19.6 Å². The maximum atomic E-state index is 6.49. The molecule has 0 N–H and O–H groups in total. The number of ether oxygens (including phenoxy) is 2. The minimum Gasteiger partial charge on any atom is -0.547 e. The van der Waals surface area contributed by atoms with Gasteiger partial charge in [-0.3, -0.25) is 0 Å². The Balaban J connectivity index is 2.16. The van der Waals surface area contributed by atoms with E-state index < -0.39 is 8.32 Å². The average molecular weight is 403 g/mol. The van der Waals surface area contributed by atoms with E-state index in [1.807, 2.05) is 14.2 Å². The van der Waals surface area contributed by atoms with E-state index in [2.05, 4.69) is 53.4 Å². The zero-order valence-corrected chi connectivity index (χ0v) is 20.3. The van der Waals surface area contributed by atoms with E-state index >= 15 is 0 Å². The largest absolute Gasteiger partial charge is 0.547 e. The summed E-state index contributed by atoms with van der Waals surface area (Å²) in [7, 11) is 2.03. The number of rotatable bonds is 5. The minimum atomic E-state index is -1.59. The van der Waals surface area contributed by atoms with Gasteiger partial charge in [-0.25, -0.2) is 0 Å². The molecule has 1 aromatic carbocycles. The Hall–Kier alpha value is -1.42. The molecule has 3 rings (SSSR count). The summed E-state index contributed by atoms with van der Waals surface area (Å²) >= 11 is 0. The third kappa shape index (κ3) is 3.49. The maximum absolute atomic E-state index is 6.49. The third-order valence-corrected chi connectivity index (χ3v) is 7.56. The number of hydrogen-bond donors (Lipinski definition) is 0. The Morgan fingerprint density at radius 3 is 2.32 bits per heavy atom. The molecule has 0 unspecified atom stereocenters. The van der Waals surface area contributed by atoms with E-state index in [4.69, 9.17) is 13.9 Å². The molecule has 0 saturated heterocycles. The van der Waals surface area contributed by atoms with Crippen LogP contribution in [0.3, 0.4) is 0 Å². The first kappa shape index (κ1) is 21.3. The second-order valence-electron chi connectivity index (χ2n) is 10.0. The lowest BCUT2D eigenvalue weighted by Gasteiger charge is -2.49. The standard InChI is InChI=1S/C24H38O3Si/c1-15(2)18-14-21(25-5)22-17(23(18)26-6)10-11-19-16(3)20(27-28(7,8)9)12-13-24(19,22)4/h14-15,19H,10-13H2,1-9H3/t19-,24-/m0/s1. The molecule has 156 valence electrons. The van der Waals surface area contributed by atoms with Gasteiger partial charge in [0.1, 0.15) is 11.5 Å². The molecule has 0 aliphatic heterocycles. The van der Waals surface area contributed by atoms with E-state index in [9.17, 15) is 0 Å². The normalized spacial score (nSPS) is 24.7. The molecule has 0 aromatic heterocycles. The van der Waals surface area contributed by atoms with Gasteiger partial charge in [0.15, 0.2) is 0 Å². The lowest BCUT2D eigenvalue weighted by molar-refractivity contribution is 0.213. The fourth-order valence-corrected chi connectivity index (χ4v) is 6.45. The first-order valence-corrected chi connectivity index (χ1v) is 14.1. The Bertz CT molecular complexity index is 788. The van der Waals surface area contributed by atoms with Gasteiger partial charge in [-0.05, 0) is 69.3 Å². The molecule has 0 bridgehead atoms. The highest BCUT2D eigenvalue weighted by Gasteiger charge is 2.48. The number of fused-ring (bicyclic) bond motifs is 3. The van der Waals surface area contributed by atoms with Crippen molar-refractivity contribution >= 4 is 8.32 Å². The first-order valence-electron chi connectivity index (χ1n) is 10.7. The molecule has 4 heteroatoms. The fourth-order valence-electron chi connectivity index (χ4n) is 5.45. The zero-order chi connectivity index (χ0) is 20.9. The van der Waals surface area contributed by atoms with E-state index in [0.717, 1.165) is 37.2 Å². The van der Waals surface area contributed by atoms with Gasteiger partial charge in [0.25, 0.3) is 0 Å². The molecular weight excluding hydrogens is 364 g/mol. The smallest absolute Gasteiger partial charge is 0.241 e. The van der Waals surface area contributed by atoms with Gasteiger partial charge < -0.3 is 13.9 Å². The molecule has 2 aliphatic rings. The fraction of sp³-hybridized carbons (Fsp3) is 0.667. The first-order chi connectivity index (χ1) is 13.0. The molecular formula is C24H38O3Si. The Labute approximate surface area is 172 Å². The quantitative estimate of drug-likeness (QED) is 0.522. The number of methoxy groups -OCH3 is 2. The predicted octanol–water partition coefficient (Wildman–Crippen LogP) is 6.57. The number of hydrogen-bond acceptors (Lipinski definition) is 3. The van der Waals surface area contributed by atoms with Gasteiger partial charge in [0.2, 0.25) is 8.32 Å². The lowest BCUT2D eigenvalue weighted by atomic mass is 9.57. The number of benzene rings is 1. The second-order valence-corrected chi connectivity index (χ2v) is 14.5. The van der Waals surface area contributed by atoms with Crippen molar-refractivity contribution in [1.82, 2.24) is 0 Å². The van der Waals surface area contributed by atoms with E-state index in [1.54, 1.807) is 0 Å². The van der Waals surface area contributed by atoms with Crippen molar-refractivity contribution in [3.8, 4) is 11.5 Å². The van der Waals surface area contributed by atoms with Gasteiger partial charge >= 0.3 is 0 Å². The molecule has 2 atom stereocenters. The van der Waals surface area contributed by atoms with Gasteiger partial charge in [0, 0.05) is 28.5 Å². The summed E-state index contributed by atoms with van der Waals surface area (Å²) in [5, 5.41) is 0. The Morgan fingerprint density at radius 2 is 1.79 bits per heavy atom. The topological polar surface area (TPSA) is 27.7 Å². The van der Waals surface area contributed by atoms with Crippen molar-refractivity contribution in [1.29, 1.82) is 0 Å². The second kappa shape index (κ2) is 7.44. The molecule has 0 radical (unpaired) electrons. The molecule has 0 fully saturated rings. The molecule has 0 spiro atoms. The predicted molar refractivity (Wildman–Crippen MR) is 119 cm³/mol. The van der Waals surface area contributed by atoms with Crippen LogP contribution in [0, 0.1) is 5.92 Å². The molecule has 0 heterocycles. The highest BCUT2D eigenvalue weighted by molar-refractivity contribution is 6.70. The maximum Gasteiger partial charge on any atom is 0.241 e. The monoisotopic (exact) mass is 402 g/mol. The third-order valence-electron chi connectivity index (χ3n) is 6.70. The summed E-state index contributed by atoms with van der Waals surface area (Å²) in [5.41, 5.74) is 5.52. The van der Waals surface area contributed by atoms with Crippen molar-refractivity contribution in [2.24, 2.45) is 5.92 Å². The molecule has 28 heavy (non-hydrogen) atoms. The molecule has 1 aromatic rings. The van der Waals surface area contributed by atoms with Crippen molar-refractivity contribution in [2.75, 3.05) is 14.2 Å². The van der Waals surface area contributed by atoms with Crippen molar-refractivity contribution in [3.05, 3.63) is 34.1 Å². The van der Waals surface area contributed by atoms with Crippen molar-refractivity contribution < 1.29 is 13.9 Å². The Morgan fingerprint density at radius 1 is 1.11 bits per heavy atom. The van der Waals surface area contributed by atoms with Crippen LogP contribution in [0.1, 0.15) is 69.6 Å². The molecule has 3 nitrogen and oxygen atoms in total. The van der Waals surface area contributed by atoms with Gasteiger partial charge in [0.05, 0.1) is 20.0 Å². The van der Waals surface area contributed by atoms with Crippen LogP contribution in [0.15, 0.2) is 17.4 Å². The molecule has 0 saturated carbocycles. The van der Waals surface area contributed by atoms with Crippen molar-refractivity contribution in [2.45, 2.75) is 84.4 Å². The highest BCUT2D eigenvalue weighted by atomic mass is 28.4. The Kier molecular flexibility index (Phi) is 5.65. The zero-order valence-electron chi connectivity index (χ0n) is 19.3. The van der Waals surface area contributed by atoms with Crippen LogP contribution in [-0.2, 0) is 16.3 Å². The van der Waals surface area contributed by atoms with Crippen LogP contribution in [0.4, 0.5) is 0 Å². The summed E-state index contributed by atoms with van der Waals surface area (Å²) in [6.45, 7) is 16.0. The molecule has 0 amide bonds. The van der Waals surface area contributed by atoms with Crippen LogP contribution in [0.5, 0.6) is 11.5 Å². The summed E-state index contributed by atoms with van der Waals surface area (Å²) in [6.07, 6.45) is 4.30. The SMILES string of the molecule is COc1cc(C(C)C)c(OC)c2c1[C@@]1(C)CCC(O[Si](C)(C)C)=C(C)[C@@H]1CC2. The summed E-state index contributed by atoms with van der Waals surface area (Å²) in [5.74, 6) is 4.29. The highest BCUT2D eigenvalue weighted by Crippen LogP contribution is 2.57. The lowest BCUT2D eigenvalue weighted by Crippen LogP contribution is -2.42. The van der Waals surface area contributed by atoms with E-state index in [-0.39, 0.29) is 5.41 Å². The van der Waals surface area contributed by atoms with Gasteiger partial charge in [-0.1, -0.05) is 20.8 Å². The van der Waals surface area contributed by atoms with Crippen LogP contribution in [0.25, 0.3) is 0 Å². The van der Waals surface area contributed by atoms with Gasteiger partial charge in [-0.15, -0.1) is 0 Å². The van der Waals surface area contributed by atoms with Crippen LogP contribution >= 0.6 is 0 Å². The van der Waals surface area contributed by atoms with Crippen molar-refractivity contribution in [3.63, 3.8) is 0 Å². The van der Waals surface area contributed by atoms with Crippen LogP contribution in [-0.4, -0.2) is 22.5 Å². The van der Waals surface area contributed by atoms with Crippen LogP contribution < -0.4 is 9.47 Å².